The zero-order chi connectivity index (χ0) is 21.1. The maximum atomic E-state index is 12.8. The van der Waals surface area contributed by atoms with Crippen molar-refractivity contribution in [2.75, 3.05) is 50.0 Å². The SMILES string of the molecule is CCOc1ccccc1N1CC[NH+](CC(=O)c2c(N)n(C)c(=O)n(C)c2=O)CC1. The van der Waals surface area contributed by atoms with Gasteiger partial charge in [0.25, 0.3) is 5.56 Å². The van der Waals surface area contributed by atoms with Crippen molar-refractivity contribution in [1.82, 2.24) is 9.13 Å². The van der Waals surface area contributed by atoms with E-state index < -0.39 is 11.2 Å². The standard InChI is InChI=1S/C20H27N5O4/c1-4-29-16-8-6-5-7-14(16)25-11-9-24(10-12-25)13-15(26)17-18(21)22(2)20(28)23(3)19(17)27/h5-8H,4,9-13,21H2,1-3H3/p+1. The molecule has 9 nitrogen and oxygen atoms in total. The number of quaternary nitrogens is 1. The van der Waals surface area contributed by atoms with Crippen LogP contribution in [0, 0.1) is 0 Å². The van der Waals surface area contributed by atoms with Crippen LogP contribution in [-0.2, 0) is 14.1 Å². The minimum Gasteiger partial charge on any atom is -0.492 e. The van der Waals surface area contributed by atoms with E-state index in [-0.39, 0.29) is 23.7 Å². The van der Waals surface area contributed by atoms with Gasteiger partial charge in [0.2, 0.25) is 5.78 Å². The number of hydrogen-bond acceptors (Lipinski definition) is 6. The summed E-state index contributed by atoms with van der Waals surface area (Å²) in [7, 11) is 2.80. The monoisotopic (exact) mass is 402 g/mol. The second-order valence-electron chi connectivity index (χ2n) is 7.20. The second kappa shape index (κ2) is 8.52. The Labute approximate surface area is 168 Å². The Morgan fingerprint density at radius 1 is 1.14 bits per heavy atom. The van der Waals surface area contributed by atoms with Crippen LogP contribution in [0.4, 0.5) is 11.5 Å². The van der Waals surface area contributed by atoms with E-state index in [1.54, 1.807) is 0 Å². The first kappa shape index (κ1) is 20.7. The fourth-order valence-corrected chi connectivity index (χ4v) is 3.67. The molecule has 9 heteroatoms. The number of nitrogen functional groups attached to an aromatic ring is 1. The second-order valence-corrected chi connectivity index (χ2v) is 7.20. The van der Waals surface area contributed by atoms with Gasteiger partial charge in [-0.1, -0.05) is 12.1 Å². The number of nitrogens with two attached hydrogens (primary N) is 1. The van der Waals surface area contributed by atoms with Crippen molar-refractivity contribution >= 4 is 17.3 Å². The molecule has 156 valence electrons. The molecule has 3 rings (SSSR count). The Bertz CT molecular complexity index is 1020. The highest BCUT2D eigenvalue weighted by Gasteiger charge is 2.27. The van der Waals surface area contributed by atoms with Gasteiger partial charge in [-0.2, -0.15) is 0 Å². The summed E-state index contributed by atoms with van der Waals surface area (Å²) in [5.41, 5.74) is 5.66. The number of para-hydroxylation sites is 2. The number of nitrogens with zero attached hydrogens (tertiary/aromatic N) is 3. The molecule has 29 heavy (non-hydrogen) atoms. The number of aromatic nitrogens is 2. The largest absolute Gasteiger partial charge is 0.492 e. The molecule has 0 spiro atoms. The van der Waals surface area contributed by atoms with Gasteiger partial charge in [0, 0.05) is 14.1 Å². The van der Waals surface area contributed by atoms with E-state index in [0.717, 1.165) is 51.7 Å². The molecule has 1 aromatic carbocycles. The highest BCUT2D eigenvalue weighted by atomic mass is 16.5. The molecule has 0 radical (unpaired) electrons. The van der Waals surface area contributed by atoms with Gasteiger partial charge >= 0.3 is 5.69 Å². The minimum absolute atomic E-state index is 0.0771. The molecule has 0 aliphatic carbocycles. The van der Waals surface area contributed by atoms with Crippen molar-refractivity contribution < 1.29 is 14.4 Å². The van der Waals surface area contributed by atoms with Crippen molar-refractivity contribution in [2.45, 2.75) is 6.92 Å². The van der Waals surface area contributed by atoms with Gasteiger partial charge in [-0.3, -0.25) is 18.7 Å². The lowest BCUT2D eigenvalue weighted by Crippen LogP contribution is -3.15. The lowest BCUT2D eigenvalue weighted by atomic mass is 10.1. The first-order chi connectivity index (χ1) is 13.8. The van der Waals surface area contributed by atoms with Crippen LogP contribution in [0.2, 0.25) is 0 Å². The fraction of sp³-hybridized carbons (Fsp3) is 0.450. The van der Waals surface area contributed by atoms with Crippen molar-refractivity contribution in [3.63, 3.8) is 0 Å². The summed E-state index contributed by atoms with van der Waals surface area (Å²) in [6.45, 7) is 5.77. The molecule has 2 aromatic rings. The predicted octanol–water partition coefficient (Wildman–Crippen LogP) is -1.35. The minimum atomic E-state index is -0.640. The molecule has 1 fully saturated rings. The summed E-state index contributed by atoms with van der Waals surface area (Å²) in [6, 6.07) is 7.93. The first-order valence-electron chi connectivity index (χ1n) is 9.74. The number of nitrogens with one attached hydrogen (secondary N) is 1. The van der Waals surface area contributed by atoms with Crippen LogP contribution in [0.3, 0.4) is 0 Å². The third kappa shape index (κ3) is 4.04. The van der Waals surface area contributed by atoms with E-state index >= 15 is 0 Å². The molecule has 1 aliphatic heterocycles. The summed E-state index contributed by atoms with van der Waals surface area (Å²) in [4.78, 5) is 40.5. The summed E-state index contributed by atoms with van der Waals surface area (Å²) in [5, 5.41) is 0. The number of hydrogen-bond donors (Lipinski definition) is 2. The molecule has 0 saturated carbocycles. The van der Waals surface area contributed by atoms with Crippen molar-refractivity contribution in [1.29, 1.82) is 0 Å². The van der Waals surface area contributed by atoms with Crippen LogP contribution in [0.25, 0.3) is 0 Å². The zero-order valence-electron chi connectivity index (χ0n) is 17.1. The highest BCUT2D eigenvalue weighted by molar-refractivity contribution is 6.00. The summed E-state index contributed by atoms with van der Waals surface area (Å²) < 4.78 is 7.77. The van der Waals surface area contributed by atoms with E-state index in [0.29, 0.717) is 6.61 Å². The smallest absolute Gasteiger partial charge is 0.332 e. The number of anilines is 2. The highest BCUT2D eigenvalue weighted by Crippen LogP contribution is 2.27. The average molecular weight is 402 g/mol. The number of carbonyl (C=O) groups is 1. The summed E-state index contributed by atoms with van der Waals surface area (Å²) >= 11 is 0. The van der Waals surface area contributed by atoms with E-state index in [1.807, 2.05) is 31.2 Å². The molecular formula is C20H28N5O4+. The molecule has 1 aliphatic rings. The van der Waals surface area contributed by atoms with Gasteiger partial charge in [0.1, 0.15) is 23.7 Å². The van der Waals surface area contributed by atoms with Crippen LogP contribution < -0.4 is 31.5 Å². The molecule has 2 heterocycles. The maximum absolute atomic E-state index is 12.8. The number of Topliss-reactive ketones (excluding diaryl/α,β-unsaturated/α-hetero) is 1. The number of carbonyl (C=O) groups excluding carboxylic acids is 1. The Kier molecular flexibility index (Phi) is 6.07. The number of rotatable bonds is 6. The average Bonchev–Trinajstić information content (AvgIpc) is 2.72. The van der Waals surface area contributed by atoms with Gasteiger partial charge < -0.3 is 20.3 Å². The van der Waals surface area contributed by atoms with Crippen LogP contribution in [0.1, 0.15) is 17.3 Å². The number of ether oxygens (including phenoxy) is 1. The van der Waals surface area contributed by atoms with Gasteiger partial charge in [0.15, 0.2) is 0 Å². The molecule has 0 unspecified atom stereocenters. The third-order valence-electron chi connectivity index (χ3n) is 5.38. The Morgan fingerprint density at radius 2 is 1.79 bits per heavy atom. The van der Waals surface area contributed by atoms with E-state index in [2.05, 4.69) is 4.90 Å². The molecule has 0 atom stereocenters. The van der Waals surface area contributed by atoms with Gasteiger partial charge in [-0.25, -0.2) is 4.79 Å². The lowest BCUT2D eigenvalue weighted by molar-refractivity contribution is -0.892. The number of ketones is 1. The van der Waals surface area contributed by atoms with Crippen LogP contribution in [0.5, 0.6) is 5.75 Å². The van der Waals surface area contributed by atoms with Crippen LogP contribution in [0.15, 0.2) is 33.9 Å². The molecule has 0 amide bonds. The topological polar surface area (TPSA) is 104 Å². The zero-order valence-corrected chi connectivity index (χ0v) is 17.1. The van der Waals surface area contributed by atoms with E-state index in [4.69, 9.17) is 10.5 Å². The quantitative estimate of drug-likeness (QED) is 0.580. The molecule has 1 aromatic heterocycles. The number of benzene rings is 1. The Balaban J connectivity index is 1.70. The van der Waals surface area contributed by atoms with E-state index in [1.165, 1.54) is 14.1 Å². The molecule has 3 N–H and O–H groups in total. The first-order valence-corrected chi connectivity index (χ1v) is 9.74. The normalized spacial score (nSPS) is 14.8. The summed E-state index contributed by atoms with van der Waals surface area (Å²) in [6.07, 6.45) is 0. The van der Waals surface area contributed by atoms with Crippen molar-refractivity contribution in [3.8, 4) is 5.75 Å². The summed E-state index contributed by atoms with van der Waals surface area (Å²) in [5.74, 6) is 0.444. The van der Waals surface area contributed by atoms with Gasteiger partial charge in [0.05, 0.1) is 38.5 Å². The van der Waals surface area contributed by atoms with Gasteiger partial charge in [-0.15, -0.1) is 0 Å². The van der Waals surface area contributed by atoms with E-state index in [9.17, 15) is 14.4 Å². The molecule has 0 bridgehead atoms. The van der Waals surface area contributed by atoms with Crippen molar-refractivity contribution in [2.24, 2.45) is 14.1 Å². The Hall–Kier alpha value is -3.07. The van der Waals surface area contributed by atoms with Gasteiger partial charge in [-0.05, 0) is 19.1 Å². The van der Waals surface area contributed by atoms with Crippen LogP contribution >= 0.6 is 0 Å². The van der Waals surface area contributed by atoms with Crippen LogP contribution in [-0.4, -0.2) is 54.2 Å². The predicted molar refractivity (Wildman–Crippen MR) is 111 cm³/mol. The lowest BCUT2D eigenvalue weighted by Gasteiger charge is -2.34. The van der Waals surface area contributed by atoms with Crippen molar-refractivity contribution in [3.05, 3.63) is 50.7 Å². The number of piperazine rings is 1. The maximum Gasteiger partial charge on any atom is 0.332 e. The molecular weight excluding hydrogens is 374 g/mol. The molecule has 1 saturated heterocycles. The fourth-order valence-electron chi connectivity index (χ4n) is 3.67. The third-order valence-corrected chi connectivity index (χ3v) is 5.38. The Morgan fingerprint density at radius 3 is 2.45 bits per heavy atom.